The number of esters is 1. The Labute approximate surface area is 155 Å². The van der Waals surface area contributed by atoms with E-state index in [1.54, 1.807) is 11.8 Å². The molecule has 0 aliphatic heterocycles. The molecule has 1 N–H and O–H groups in total. The molecule has 8 heteroatoms. The van der Waals surface area contributed by atoms with Gasteiger partial charge in [0.2, 0.25) is 0 Å². The molecule has 0 unspecified atom stereocenters. The smallest absolute Gasteiger partial charge is 0.359 e. The summed E-state index contributed by atoms with van der Waals surface area (Å²) in [4.78, 5) is 36.4. The second-order valence-electron chi connectivity index (χ2n) is 5.37. The van der Waals surface area contributed by atoms with Gasteiger partial charge in [0, 0.05) is 29.8 Å². The van der Waals surface area contributed by atoms with Crippen LogP contribution in [0.25, 0.3) is 0 Å². The number of nitrogens with zero attached hydrogens (tertiary/aromatic N) is 2. The number of benzene rings is 1. The summed E-state index contributed by atoms with van der Waals surface area (Å²) >= 11 is 1.63. The Morgan fingerprint density at radius 1 is 1.19 bits per heavy atom. The average molecular weight is 375 g/mol. The van der Waals surface area contributed by atoms with Crippen LogP contribution in [0.1, 0.15) is 23.8 Å². The first-order chi connectivity index (χ1) is 12.6. The maximum Gasteiger partial charge on any atom is 0.359 e. The molecule has 0 saturated carbocycles. The van der Waals surface area contributed by atoms with Crippen LogP contribution in [-0.2, 0) is 16.1 Å². The number of aromatic nitrogens is 2. The lowest BCUT2D eigenvalue weighted by atomic mass is 10.4. The Hall–Kier alpha value is -2.61. The molecule has 0 bridgehead atoms. The maximum absolute atomic E-state index is 11.9. The number of carbonyl (C=O) groups excluding carboxylic acids is 2. The van der Waals surface area contributed by atoms with Gasteiger partial charge in [-0.05, 0) is 24.6 Å². The van der Waals surface area contributed by atoms with Crippen molar-refractivity contribution in [3.63, 3.8) is 0 Å². The van der Waals surface area contributed by atoms with Crippen LogP contribution in [0.4, 0.5) is 0 Å². The van der Waals surface area contributed by atoms with Crippen molar-refractivity contribution in [1.29, 1.82) is 0 Å². The zero-order valence-corrected chi connectivity index (χ0v) is 15.3. The Balaban J connectivity index is 1.72. The standard InChI is InChI=1S/C18H21N3O4S/c1-2-11-21-17(23)9-8-15(20-21)18(24)25-13-16(22)19-10-12-26-14-6-4-3-5-7-14/h3-9H,2,10-13H2,1H3,(H,19,22). The molecule has 1 heterocycles. The van der Waals surface area contributed by atoms with Crippen molar-refractivity contribution in [3.8, 4) is 0 Å². The first kappa shape index (κ1) is 19.7. The van der Waals surface area contributed by atoms with Gasteiger partial charge in [-0.15, -0.1) is 11.8 Å². The lowest BCUT2D eigenvalue weighted by molar-refractivity contribution is -0.124. The van der Waals surface area contributed by atoms with E-state index in [1.807, 2.05) is 37.3 Å². The molecule has 0 spiro atoms. The normalized spacial score (nSPS) is 10.3. The molecular formula is C18H21N3O4S. The summed E-state index contributed by atoms with van der Waals surface area (Å²) in [5.41, 5.74) is -0.275. The summed E-state index contributed by atoms with van der Waals surface area (Å²) in [5.74, 6) is -0.398. The van der Waals surface area contributed by atoms with Gasteiger partial charge in [-0.3, -0.25) is 9.59 Å². The van der Waals surface area contributed by atoms with Gasteiger partial charge in [-0.1, -0.05) is 25.1 Å². The van der Waals surface area contributed by atoms with Crippen LogP contribution in [0.5, 0.6) is 0 Å². The number of rotatable bonds is 9. The van der Waals surface area contributed by atoms with Gasteiger partial charge >= 0.3 is 5.97 Å². The van der Waals surface area contributed by atoms with Gasteiger partial charge in [0.05, 0.1) is 0 Å². The van der Waals surface area contributed by atoms with Crippen molar-refractivity contribution in [2.24, 2.45) is 0 Å². The van der Waals surface area contributed by atoms with E-state index in [0.717, 1.165) is 11.3 Å². The van der Waals surface area contributed by atoms with Crippen LogP contribution in [0, 0.1) is 0 Å². The molecule has 0 fully saturated rings. The van der Waals surface area contributed by atoms with E-state index in [9.17, 15) is 14.4 Å². The van der Waals surface area contributed by atoms with Crippen LogP contribution in [0.15, 0.2) is 52.2 Å². The molecule has 7 nitrogen and oxygen atoms in total. The highest BCUT2D eigenvalue weighted by Crippen LogP contribution is 2.15. The monoisotopic (exact) mass is 375 g/mol. The zero-order valence-electron chi connectivity index (χ0n) is 14.5. The largest absolute Gasteiger partial charge is 0.451 e. The van der Waals surface area contributed by atoms with Crippen molar-refractivity contribution in [3.05, 3.63) is 58.5 Å². The molecule has 1 aromatic heterocycles. The van der Waals surface area contributed by atoms with Crippen LogP contribution >= 0.6 is 11.8 Å². The Kier molecular flexibility index (Phi) is 7.88. The molecule has 0 aliphatic rings. The molecule has 2 rings (SSSR count). The summed E-state index contributed by atoms with van der Waals surface area (Å²) in [6, 6.07) is 12.4. The SMILES string of the molecule is CCCn1nc(C(=O)OCC(=O)NCCSc2ccccc2)ccc1=O. The quantitative estimate of drug-likeness (QED) is 0.408. The minimum Gasteiger partial charge on any atom is -0.451 e. The molecular weight excluding hydrogens is 354 g/mol. The number of nitrogens with one attached hydrogen (secondary N) is 1. The van der Waals surface area contributed by atoms with E-state index in [2.05, 4.69) is 10.4 Å². The summed E-state index contributed by atoms with van der Waals surface area (Å²) < 4.78 is 6.15. The van der Waals surface area contributed by atoms with Crippen LogP contribution < -0.4 is 10.9 Å². The van der Waals surface area contributed by atoms with E-state index >= 15 is 0 Å². The molecule has 1 amide bonds. The van der Waals surface area contributed by atoms with Crippen molar-refractivity contribution in [1.82, 2.24) is 15.1 Å². The highest BCUT2D eigenvalue weighted by atomic mass is 32.2. The summed E-state index contributed by atoms with van der Waals surface area (Å²) in [7, 11) is 0. The van der Waals surface area contributed by atoms with Gasteiger partial charge in [-0.25, -0.2) is 9.48 Å². The van der Waals surface area contributed by atoms with E-state index in [1.165, 1.54) is 16.8 Å². The molecule has 138 valence electrons. The Bertz CT molecular complexity index is 793. The topological polar surface area (TPSA) is 90.3 Å². The highest BCUT2D eigenvalue weighted by molar-refractivity contribution is 7.99. The molecule has 26 heavy (non-hydrogen) atoms. The number of carbonyl (C=O) groups is 2. The molecule has 1 aromatic carbocycles. The van der Waals surface area contributed by atoms with Gasteiger partial charge in [-0.2, -0.15) is 5.10 Å². The third-order valence-electron chi connectivity index (χ3n) is 3.28. The van der Waals surface area contributed by atoms with Gasteiger partial charge in [0.25, 0.3) is 11.5 Å². The minimum atomic E-state index is -0.733. The second kappa shape index (κ2) is 10.4. The summed E-state index contributed by atoms with van der Waals surface area (Å²) in [6.45, 7) is 2.40. The van der Waals surface area contributed by atoms with E-state index < -0.39 is 5.97 Å². The number of hydrogen-bond acceptors (Lipinski definition) is 6. The third kappa shape index (κ3) is 6.36. The number of amides is 1. The zero-order chi connectivity index (χ0) is 18.8. The lowest BCUT2D eigenvalue weighted by Gasteiger charge is -2.07. The van der Waals surface area contributed by atoms with E-state index in [-0.39, 0.29) is 23.8 Å². The fraction of sp³-hybridized carbons (Fsp3) is 0.333. The summed E-state index contributed by atoms with van der Waals surface area (Å²) in [5, 5.41) is 6.63. The van der Waals surface area contributed by atoms with Crippen LogP contribution in [0.2, 0.25) is 0 Å². The fourth-order valence-corrected chi connectivity index (χ4v) is 2.85. The average Bonchev–Trinajstić information content (AvgIpc) is 2.66. The summed E-state index contributed by atoms with van der Waals surface area (Å²) in [6.07, 6.45) is 0.717. The Morgan fingerprint density at radius 3 is 2.69 bits per heavy atom. The van der Waals surface area contributed by atoms with Crippen molar-refractivity contribution in [2.75, 3.05) is 18.9 Å². The van der Waals surface area contributed by atoms with E-state index in [4.69, 9.17) is 4.74 Å². The van der Waals surface area contributed by atoms with Crippen molar-refractivity contribution < 1.29 is 14.3 Å². The lowest BCUT2D eigenvalue weighted by Crippen LogP contribution is -2.31. The van der Waals surface area contributed by atoms with Crippen LogP contribution in [-0.4, -0.2) is 40.6 Å². The molecule has 0 atom stereocenters. The number of hydrogen-bond donors (Lipinski definition) is 1. The fourth-order valence-electron chi connectivity index (χ4n) is 2.06. The van der Waals surface area contributed by atoms with Gasteiger partial charge < -0.3 is 10.1 Å². The molecule has 0 aliphatic carbocycles. The third-order valence-corrected chi connectivity index (χ3v) is 4.30. The highest BCUT2D eigenvalue weighted by Gasteiger charge is 2.13. The first-order valence-corrected chi connectivity index (χ1v) is 9.28. The van der Waals surface area contributed by atoms with Crippen molar-refractivity contribution >= 4 is 23.6 Å². The Morgan fingerprint density at radius 2 is 1.96 bits per heavy atom. The number of thioether (sulfide) groups is 1. The van der Waals surface area contributed by atoms with Crippen LogP contribution in [0.3, 0.4) is 0 Å². The van der Waals surface area contributed by atoms with Gasteiger partial charge in [0.15, 0.2) is 12.3 Å². The molecule has 0 saturated heterocycles. The minimum absolute atomic E-state index is 0.00508. The van der Waals surface area contributed by atoms with E-state index in [0.29, 0.717) is 18.8 Å². The number of ether oxygens (including phenoxy) is 1. The predicted molar refractivity (Wildman–Crippen MR) is 99.2 cm³/mol. The maximum atomic E-state index is 11.9. The predicted octanol–water partition coefficient (Wildman–Crippen LogP) is 1.72. The first-order valence-electron chi connectivity index (χ1n) is 8.30. The van der Waals surface area contributed by atoms with Crippen molar-refractivity contribution in [2.45, 2.75) is 24.8 Å². The second-order valence-corrected chi connectivity index (χ2v) is 6.54. The molecule has 0 radical (unpaired) electrons. The molecule has 2 aromatic rings. The number of aryl methyl sites for hydroxylation is 1. The van der Waals surface area contributed by atoms with Gasteiger partial charge in [0.1, 0.15) is 0 Å².